The number of nitrogens with one attached hydrogen (secondary N) is 1. The first-order chi connectivity index (χ1) is 7.63. The average molecular weight is 230 g/mol. The van der Waals surface area contributed by atoms with Gasteiger partial charge in [0.2, 0.25) is 5.91 Å². The van der Waals surface area contributed by atoms with Gasteiger partial charge in [-0.25, -0.2) is 8.78 Å². The first kappa shape index (κ1) is 12.4. The Morgan fingerprint density at radius 1 is 1.38 bits per heavy atom. The van der Waals surface area contributed by atoms with Crippen LogP contribution < -0.4 is 15.8 Å². The third kappa shape index (κ3) is 3.82. The second kappa shape index (κ2) is 6.02. The van der Waals surface area contributed by atoms with Crippen LogP contribution in [0.1, 0.15) is 0 Å². The molecule has 0 aromatic heterocycles. The standard InChI is InChI=1S/C10H12F2N2O2/c11-8-2-1-7(5-9(8)12)16-4-3-14-10(15)6-13/h1-2,5H,3-4,6,13H2,(H,14,15). The number of nitrogens with two attached hydrogens (primary N) is 1. The Hall–Kier alpha value is -1.69. The molecule has 0 unspecified atom stereocenters. The molecule has 0 radical (unpaired) electrons. The van der Waals surface area contributed by atoms with Crippen LogP contribution in [0.5, 0.6) is 5.75 Å². The van der Waals surface area contributed by atoms with Gasteiger partial charge in [0.15, 0.2) is 11.6 Å². The van der Waals surface area contributed by atoms with Crippen molar-refractivity contribution in [3.63, 3.8) is 0 Å². The predicted octanol–water partition coefficient (Wildman–Crippen LogP) is 0.418. The molecule has 6 heteroatoms. The molecule has 0 fully saturated rings. The summed E-state index contributed by atoms with van der Waals surface area (Å²) in [7, 11) is 0. The topological polar surface area (TPSA) is 64.4 Å². The zero-order valence-corrected chi connectivity index (χ0v) is 8.50. The highest BCUT2D eigenvalue weighted by Gasteiger charge is 2.03. The van der Waals surface area contributed by atoms with Gasteiger partial charge in [0.25, 0.3) is 0 Å². The molecule has 1 amide bonds. The highest BCUT2D eigenvalue weighted by atomic mass is 19.2. The van der Waals surface area contributed by atoms with Crippen molar-refractivity contribution >= 4 is 5.91 Å². The number of benzene rings is 1. The summed E-state index contributed by atoms with van der Waals surface area (Å²) in [4.78, 5) is 10.7. The molecule has 16 heavy (non-hydrogen) atoms. The Bertz CT molecular complexity index is 372. The van der Waals surface area contributed by atoms with E-state index in [1.54, 1.807) is 0 Å². The second-order valence-corrected chi connectivity index (χ2v) is 2.98. The highest BCUT2D eigenvalue weighted by Crippen LogP contribution is 2.14. The molecule has 1 rings (SSSR count). The Morgan fingerprint density at radius 2 is 2.12 bits per heavy atom. The fourth-order valence-electron chi connectivity index (χ4n) is 0.998. The fourth-order valence-corrected chi connectivity index (χ4v) is 0.998. The van der Waals surface area contributed by atoms with Gasteiger partial charge < -0.3 is 15.8 Å². The van der Waals surface area contributed by atoms with Crippen molar-refractivity contribution in [3.05, 3.63) is 29.8 Å². The van der Waals surface area contributed by atoms with E-state index in [1.807, 2.05) is 0 Å². The Kier molecular flexibility index (Phi) is 4.65. The molecule has 0 aliphatic carbocycles. The highest BCUT2D eigenvalue weighted by molar-refractivity contribution is 5.77. The maximum Gasteiger partial charge on any atom is 0.233 e. The molecule has 1 aromatic carbocycles. The van der Waals surface area contributed by atoms with E-state index in [9.17, 15) is 13.6 Å². The Morgan fingerprint density at radius 3 is 2.75 bits per heavy atom. The lowest BCUT2D eigenvalue weighted by atomic mass is 10.3. The minimum absolute atomic E-state index is 0.0921. The van der Waals surface area contributed by atoms with Gasteiger partial charge in [-0.15, -0.1) is 0 Å². The van der Waals surface area contributed by atoms with Crippen molar-refractivity contribution in [3.8, 4) is 5.75 Å². The maximum absolute atomic E-state index is 12.7. The third-order valence-electron chi connectivity index (χ3n) is 1.77. The van der Waals surface area contributed by atoms with E-state index >= 15 is 0 Å². The van der Waals surface area contributed by atoms with E-state index < -0.39 is 11.6 Å². The number of carbonyl (C=O) groups excluding carboxylic acids is 1. The summed E-state index contributed by atoms with van der Waals surface area (Å²) < 4.78 is 30.3. The molecule has 0 saturated carbocycles. The molecule has 0 spiro atoms. The van der Waals surface area contributed by atoms with Gasteiger partial charge >= 0.3 is 0 Å². The van der Waals surface area contributed by atoms with Crippen molar-refractivity contribution in [1.82, 2.24) is 5.32 Å². The van der Waals surface area contributed by atoms with Crippen LogP contribution in [-0.4, -0.2) is 25.6 Å². The van der Waals surface area contributed by atoms with Crippen molar-refractivity contribution in [1.29, 1.82) is 0 Å². The lowest BCUT2D eigenvalue weighted by molar-refractivity contribution is -0.119. The van der Waals surface area contributed by atoms with Crippen molar-refractivity contribution in [2.45, 2.75) is 0 Å². The molecule has 0 aliphatic rings. The van der Waals surface area contributed by atoms with E-state index in [4.69, 9.17) is 10.5 Å². The number of rotatable bonds is 5. The van der Waals surface area contributed by atoms with E-state index in [0.717, 1.165) is 12.1 Å². The molecule has 0 bridgehead atoms. The summed E-state index contributed by atoms with van der Waals surface area (Å²) in [6.07, 6.45) is 0. The quantitative estimate of drug-likeness (QED) is 0.720. The van der Waals surface area contributed by atoms with Crippen molar-refractivity contribution in [2.75, 3.05) is 19.7 Å². The van der Waals surface area contributed by atoms with Crippen LogP contribution in [0.15, 0.2) is 18.2 Å². The monoisotopic (exact) mass is 230 g/mol. The molecular formula is C10H12F2N2O2. The smallest absolute Gasteiger partial charge is 0.233 e. The predicted molar refractivity (Wildman–Crippen MR) is 53.9 cm³/mol. The molecule has 3 N–H and O–H groups in total. The maximum atomic E-state index is 12.7. The number of halogens is 2. The summed E-state index contributed by atoms with van der Waals surface area (Å²) in [5.41, 5.74) is 5.06. The molecule has 88 valence electrons. The molecule has 0 aliphatic heterocycles. The van der Waals surface area contributed by atoms with Crippen LogP contribution >= 0.6 is 0 Å². The van der Waals surface area contributed by atoms with Gasteiger partial charge in [-0.05, 0) is 12.1 Å². The van der Waals surface area contributed by atoms with Crippen molar-refractivity contribution < 1.29 is 18.3 Å². The van der Waals surface area contributed by atoms with E-state index in [0.29, 0.717) is 0 Å². The number of ether oxygens (including phenoxy) is 1. The summed E-state index contributed by atoms with van der Waals surface area (Å²) >= 11 is 0. The minimum Gasteiger partial charge on any atom is -0.492 e. The number of amides is 1. The summed E-state index contributed by atoms with van der Waals surface area (Å²) in [6, 6.07) is 3.23. The number of hydrogen-bond donors (Lipinski definition) is 2. The van der Waals surface area contributed by atoms with Gasteiger partial charge in [0.05, 0.1) is 13.1 Å². The first-order valence-electron chi connectivity index (χ1n) is 4.68. The average Bonchev–Trinajstić information content (AvgIpc) is 2.28. The van der Waals surface area contributed by atoms with Gasteiger partial charge in [-0.1, -0.05) is 0 Å². The summed E-state index contributed by atoms with van der Waals surface area (Å²) in [6.45, 7) is 0.330. The lowest BCUT2D eigenvalue weighted by Gasteiger charge is -2.07. The van der Waals surface area contributed by atoms with Crippen LogP contribution in [0.4, 0.5) is 8.78 Å². The van der Waals surface area contributed by atoms with E-state index in [-0.39, 0.29) is 31.4 Å². The van der Waals surface area contributed by atoms with Crippen LogP contribution in [0.3, 0.4) is 0 Å². The van der Waals surface area contributed by atoms with Gasteiger partial charge in [-0.2, -0.15) is 0 Å². The molecule has 4 nitrogen and oxygen atoms in total. The normalized spacial score (nSPS) is 9.94. The lowest BCUT2D eigenvalue weighted by Crippen LogP contribution is -2.33. The van der Waals surface area contributed by atoms with Gasteiger partial charge in [-0.3, -0.25) is 4.79 Å². The van der Waals surface area contributed by atoms with E-state index in [2.05, 4.69) is 5.32 Å². The minimum atomic E-state index is -0.969. The molecule has 1 aromatic rings. The zero-order chi connectivity index (χ0) is 12.0. The van der Waals surface area contributed by atoms with Gasteiger partial charge in [0.1, 0.15) is 12.4 Å². The first-order valence-corrected chi connectivity index (χ1v) is 4.68. The SMILES string of the molecule is NCC(=O)NCCOc1ccc(F)c(F)c1. The number of hydrogen-bond acceptors (Lipinski definition) is 3. The number of carbonyl (C=O) groups is 1. The van der Waals surface area contributed by atoms with Crippen molar-refractivity contribution in [2.24, 2.45) is 5.73 Å². The third-order valence-corrected chi connectivity index (χ3v) is 1.77. The van der Waals surface area contributed by atoms with Crippen LogP contribution in [0, 0.1) is 11.6 Å². The summed E-state index contributed by atoms with van der Waals surface area (Å²) in [5, 5.41) is 2.47. The molecule has 0 atom stereocenters. The molecule has 0 saturated heterocycles. The largest absolute Gasteiger partial charge is 0.492 e. The van der Waals surface area contributed by atoms with Gasteiger partial charge in [0, 0.05) is 6.07 Å². The summed E-state index contributed by atoms with van der Waals surface area (Å²) in [5.74, 6) is -1.98. The van der Waals surface area contributed by atoms with Crippen LogP contribution in [0.25, 0.3) is 0 Å². The second-order valence-electron chi connectivity index (χ2n) is 2.98. The zero-order valence-electron chi connectivity index (χ0n) is 8.50. The Balaban J connectivity index is 2.32. The fraction of sp³-hybridized carbons (Fsp3) is 0.300. The molecular weight excluding hydrogens is 218 g/mol. The van der Waals surface area contributed by atoms with Crippen LogP contribution in [0.2, 0.25) is 0 Å². The Labute approximate surface area is 91.4 Å². The van der Waals surface area contributed by atoms with E-state index in [1.165, 1.54) is 6.07 Å². The molecule has 0 heterocycles. The van der Waals surface area contributed by atoms with Crippen LogP contribution in [-0.2, 0) is 4.79 Å².